The zero-order valence-electron chi connectivity index (χ0n) is 14.7. The van der Waals surface area contributed by atoms with Crippen molar-refractivity contribution < 1.29 is 14.3 Å². The Morgan fingerprint density at radius 2 is 1.96 bits per heavy atom. The fraction of sp³-hybridized carbons (Fsp3) is 0.368. The average Bonchev–Trinajstić information content (AvgIpc) is 3.10. The Morgan fingerprint density at radius 3 is 2.64 bits per heavy atom. The number of carbonyl (C=O) groups is 2. The highest BCUT2D eigenvalue weighted by atomic mass is 32.1. The minimum Gasteiger partial charge on any atom is -0.496 e. The smallest absolute Gasteiger partial charge is 0.225 e. The number of ether oxygens (including phenoxy) is 1. The molecule has 0 aliphatic rings. The van der Waals surface area contributed by atoms with Crippen LogP contribution in [0.1, 0.15) is 17.4 Å². The van der Waals surface area contributed by atoms with Crippen molar-refractivity contribution in [3.8, 4) is 5.75 Å². The van der Waals surface area contributed by atoms with Crippen LogP contribution in [-0.2, 0) is 22.4 Å². The molecule has 0 aliphatic carbocycles. The summed E-state index contributed by atoms with van der Waals surface area (Å²) in [5, 5.41) is 4.83. The summed E-state index contributed by atoms with van der Waals surface area (Å²) < 4.78 is 5.34. The number of benzene rings is 1. The molecule has 1 N–H and O–H groups in total. The van der Waals surface area contributed by atoms with Crippen LogP contribution in [0.15, 0.2) is 41.8 Å². The van der Waals surface area contributed by atoms with Gasteiger partial charge in [0.1, 0.15) is 5.75 Å². The molecule has 6 heteroatoms. The topological polar surface area (TPSA) is 58.6 Å². The molecule has 1 aromatic heterocycles. The van der Waals surface area contributed by atoms with Gasteiger partial charge in [0.2, 0.25) is 11.8 Å². The van der Waals surface area contributed by atoms with Gasteiger partial charge in [0.15, 0.2) is 0 Å². The molecule has 25 heavy (non-hydrogen) atoms. The van der Waals surface area contributed by atoms with Crippen molar-refractivity contribution in [3.05, 3.63) is 52.2 Å². The minimum absolute atomic E-state index is 0.00223. The first-order valence-corrected chi connectivity index (χ1v) is 9.14. The highest BCUT2D eigenvalue weighted by molar-refractivity contribution is 7.10. The number of rotatable bonds is 9. The Hall–Kier alpha value is -2.34. The van der Waals surface area contributed by atoms with Gasteiger partial charge in [0.05, 0.1) is 13.5 Å². The van der Waals surface area contributed by atoms with E-state index in [9.17, 15) is 9.59 Å². The van der Waals surface area contributed by atoms with E-state index in [1.54, 1.807) is 30.3 Å². The van der Waals surface area contributed by atoms with Crippen LogP contribution < -0.4 is 10.1 Å². The van der Waals surface area contributed by atoms with Gasteiger partial charge in [-0.3, -0.25) is 9.59 Å². The summed E-state index contributed by atoms with van der Waals surface area (Å²) in [4.78, 5) is 26.5. The first kappa shape index (κ1) is 19.0. The molecule has 0 spiro atoms. The molecule has 2 aromatic rings. The summed E-state index contributed by atoms with van der Waals surface area (Å²) in [6, 6.07) is 11.7. The van der Waals surface area contributed by atoms with Gasteiger partial charge in [-0.05, 0) is 29.5 Å². The maximum Gasteiger partial charge on any atom is 0.225 e. The second-order valence-corrected chi connectivity index (χ2v) is 6.71. The van der Waals surface area contributed by atoms with Gasteiger partial charge in [-0.2, -0.15) is 0 Å². The van der Waals surface area contributed by atoms with Crippen LogP contribution in [-0.4, -0.2) is 43.5 Å². The SMILES string of the molecule is COc1ccccc1CCN(CCNC(=O)Cc1cccs1)C(C)=O. The Kier molecular flexibility index (Phi) is 7.47. The number of hydrogen-bond donors (Lipinski definition) is 1. The van der Waals surface area contributed by atoms with E-state index in [1.165, 1.54) is 0 Å². The lowest BCUT2D eigenvalue weighted by Crippen LogP contribution is -2.39. The molecule has 0 fully saturated rings. The van der Waals surface area contributed by atoms with Crippen LogP contribution in [0.5, 0.6) is 5.75 Å². The van der Waals surface area contributed by atoms with E-state index in [4.69, 9.17) is 4.74 Å². The third-order valence-corrected chi connectivity index (χ3v) is 4.78. The quantitative estimate of drug-likeness (QED) is 0.747. The van der Waals surface area contributed by atoms with E-state index >= 15 is 0 Å². The number of carbonyl (C=O) groups excluding carboxylic acids is 2. The third kappa shape index (κ3) is 6.23. The lowest BCUT2D eigenvalue weighted by atomic mass is 10.1. The second kappa shape index (κ2) is 9.84. The number of nitrogens with one attached hydrogen (secondary N) is 1. The average molecular weight is 360 g/mol. The molecule has 0 saturated carbocycles. The molecular weight excluding hydrogens is 336 g/mol. The van der Waals surface area contributed by atoms with Gasteiger partial charge in [-0.15, -0.1) is 11.3 Å². The van der Waals surface area contributed by atoms with Crippen LogP contribution in [0, 0.1) is 0 Å². The molecule has 0 bridgehead atoms. The Morgan fingerprint density at radius 1 is 1.16 bits per heavy atom. The highest BCUT2D eigenvalue weighted by Gasteiger charge is 2.11. The van der Waals surface area contributed by atoms with Crippen LogP contribution in [0.2, 0.25) is 0 Å². The molecule has 5 nitrogen and oxygen atoms in total. The van der Waals surface area contributed by atoms with Gasteiger partial charge in [-0.25, -0.2) is 0 Å². The lowest BCUT2D eigenvalue weighted by Gasteiger charge is -2.21. The molecule has 2 rings (SSSR count). The summed E-state index contributed by atoms with van der Waals surface area (Å²) in [5.74, 6) is 0.813. The third-order valence-electron chi connectivity index (χ3n) is 3.91. The van der Waals surface area contributed by atoms with Gasteiger partial charge in [0.25, 0.3) is 0 Å². The Bertz CT molecular complexity index is 686. The molecule has 0 atom stereocenters. The fourth-order valence-electron chi connectivity index (χ4n) is 2.56. The van der Waals surface area contributed by atoms with Crippen molar-refractivity contribution in [1.29, 1.82) is 0 Å². The normalized spacial score (nSPS) is 10.3. The van der Waals surface area contributed by atoms with Crippen LogP contribution in [0.4, 0.5) is 0 Å². The van der Waals surface area contributed by atoms with Gasteiger partial charge in [-0.1, -0.05) is 24.3 Å². The van der Waals surface area contributed by atoms with Crippen LogP contribution in [0.3, 0.4) is 0 Å². The molecule has 0 unspecified atom stereocenters. The van der Waals surface area contributed by atoms with Crippen molar-refractivity contribution in [2.75, 3.05) is 26.7 Å². The molecule has 2 amide bonds. The lowest BCUT2D eigenvalue weighted by molar-refractivity contribution is -0.129. The standard InChI is InChI=1S/C19H24N2O3S/c1-15(22)21(11-9-16-6-3-4-8-18(16)24-2)12-10-20-19(23)14-17-7-5-13-25-17/h3-8,13H,9-12,14H2,1-2H3,(H,20,23). The summed E-state index contributed by atoms with van der Waals surface area (Å²) >= 11 is 1.57. The van der Waals surface area contributed by atoms with Gasteiger partial charge >= 0.3 is 0 Å². The summed E-state index contributed by atoms with van der Waals surface area (Å²) in [7, 11) is 1.64. The highest BCUT2D eigenvalue weighted by Crippen LogP contribution is 2.18. The summed E-state index contributed by atoms with van der Waals surface area (Å²) in [5.41, 5.74) is 1.07. The predicted octanol–water partition coefficient (Wildman–Crippen LogP) is 2.51. The van der Waals surface area contributed by atoms with Crippen molar-refractivity contribution in [3.63, 3.8) is 0 Å². The van der Waals surface area contributed by atoms with Gasteiger partial charge in [0, 0.05) is 31.4 Å². The molecule has 0 aliphatic heterocycles. The van der Waals surface area contributed by atoms with Crippen molar-refractivity contribution in [2.24, 2.45) is 0 Å². The number of hydrogen-bond acceptors (Lipinski definition) is 4. The van der Waals surface area contributed by atoms with E-state index in [1.807, 2.05) is 41.8 Å². The largest absolute Gasteiger partial charge is 0.496 e. The maximum absolute atomic E-state index is 11.9. The Balaban J connectivity index is 1.78. The first-order valence-electron chi connectivity index (χ1n) is 8.26. The number of nitrogens with zero attached hydrogens (tertiary/aromatic N) is 1. The summed E-state index contributed by atoms with van der Waals surface area (Å²) in [6.45, 7) is 3.10. The van der Waals surface area contributed by atoms with Gasteiger partial charge < -0.3 is 15.0 Å². The van der Waals surface area contributed by atoms with Crippen molar-refractivity contribution >= 4 is 23.2 Å². The van der Waals surface area contributed by atoms with E-state index < -0.39 is 0 Å². The van der Waals surface area contributed by atoms with Crippen molar-refractivity contribution in [1.82, 2.24) is 10.2 Å². The number of thiophene rings is 1. The van der Waals surface area contributed by atoms with E-state index in [-0.39, 0.29) is 11.8 Å². The minimum atomic E-state index is -0.0179. The monoisotopic (exact) mass is 360 g/mol. The van der Waals surface area contributed by atoms with E-state index in [0.29, 0.717) is 32.5 Å². The van der Waals surface area contributed by atoms with Crippen molar-refractivity contribution in [2.45, 2.75) is 19.8 Å². The second-order valence-electron chi connectivity index (χ2n) is 5.67. The van der Waals surface area contributed by atoms with Crippen LogP contribution in [0.25, 0.3) is 0 Å². The molecule has 0 radical (unpaired) electrons. The molecule has 0 saturated heterocycles. The van der Waals surface area contributed by atoms with E-state index in [2.05, 4.69) is 5.32 Å². The maximum atomic E-state index is 11.9. The zero-order chi connectivity index (χ0) is 18.1. The molecule has 134 valence electrons. The molecule has 1 aromatic carbocycles. The predicted molar refractivity (Wildman–Crippen MR) is 100.0 cm³/mol. The molecule has 1 heterocycles. The first-order chi connectivity index (χ1) is 12.1. The zero-order valence-corrected chi connectivity index (χ0v) is 15.5. The fourth-order valence-corrected chi connectivity index (χ4v) is 3.26. The van der Waals surface area contributed by atoms with Crippen LogP contribution >= 0.6 is 11.3 Å². The summed E-state index contributed by atoms with van der Waals surface area (Å²) in [6.07, 6.45) is 1.10. The number of methoxy groups -OCH3 is 1. The van der Waals surface area contributed by atoms with E-state index in [0.717, 1.165) is 16.2 Å². The Labute approximate surface area is 152 Å². The number of amides is 2. The molecular formula is C19H24N2O3S. The number of para-hydroxylation sites is 1.